The average molecular weight is 356 g/mol. The number of piperazine rings is 1. The number of nitrogen functional groups attached to an aromatic ring is 1. The molecule has 0 amide bonds. The second-order valence-electron chi connectivity index (χ2n) is 5.30. The molecule has 0 aliphatic carbocycles. The Morgan fingerprint density at radius 1 is 1.17 bits per heavy atom. The first-order valence-electron chi connectivity index (χ1n) is 7.13. The molecule has 1 aromatic heterocycles. The number of sulfonamides is 1. The maximum Gasteiger partial charge on any atom is 0.243 e. The van der Waals surface area contributed by atoms with Crippen molar-refractivity contribution < 1.29 is 12.8 Å². The van der Waals surface area contributed by atoms with Gasteiger partial charge in [-0.15, -0.1) is 11.3 Å². The van der Waals surface area contributed by atoms with Crippen molar-refractivity contribution in [2.24, 2.45) is 0 Å². The standard InChI is InChI=1S/C14H17FN4O2S2/c15-11-1-3-13(4-2-11)23(20,21)19-7-5-18(6-8-19)10-12-9-17-14(16)22-12/h1-4,9H,5-8,10H2,(H2,16,17). The first kappa shape index (κ1) is 16.3. The number of rotatable bonds is 4. The van der Waals surface area contributed by atoms with Gasteiger partial charge in [0.2, 0.25) is 10.0 Å². The number of halogens is 1. The molecule has 0 radical (unpaired) electrons. The van der Waals surface area contributed by atoms with E-state index in [1.807, 2.05) is 0 Å². The molecule has 1 fully saturated rings. The second kappa shape index (κ2) is 6.52. The van der Waals surface area contributed by atoms with Crippen molar-refractivity contribution in [3.63, 3.8) is 0 Å². The molecule has 1 aliphatic rings. The Morgan fingerprint density at radius 3 is 2.39 bits per heavy atom. The third kappa shape index (κ3) is 3.69. The van der Waals surface area contributed by atoms with Gasteiger partial charge in [-0.3, -0.25) is 4.90 Å². The molecular weight excluding hydrogens is 339 g/mol. The van der Waals surface area contributed by atoms with Crippen LogP contribution in [0.25, 0.3) is 0 Å². The number of aromatic nitrogens is 1. The molecule has 0 bridgehead atoms. The molecule has 6 nitrogen and oxygen atoms in total. The second-order valence-corrected chi connectivity index (χ2v) is 8.38. The predicted octanol–water partition coefficient (Wildman–Crippen LogP) is 1.37. The van der Waals surface area contributed by atoms with Crippen LogP contribution in [0.2, 0.25) is 0 Å². The van der Waals surface area contributed by atoms with Crippen molar-refractivity contribution in [1.82, 2.24) is 14.2 Å². The van der Waals surface area contributed by atoms with Gasteiger partial charge < -0.3 is 5.73 Å². The molecule has 0 saturated carbocycles. The van der Waals surface area contributed by atoms with Crippen molar-refractivity contribution in [2.75, 3.05) is 31.9 Å². The average Bonchev–Trinajstić information content (AvgIpc) is 2.93. The summed E-state index contributed by atoms with van der Waals surface area (Å²) in [5.41, 5.74) is 5.61. The van der Waals surface area contributed by atoms with Crippen molar-refractivity contribution in [3.05, 3.63) is 41.2 Å². The molecule has 1 saturated heterocycles. The zero-order chi connectivity index (χ0) is 16.4. The first-order valence-corrected chi connectivity index (χ1v) is 9.39. The number of benzene rings is 1. The number of anilines is 1. The van der Waals surface area contributed by atoms with Crippen LogP contribution in [0.5, 0.6) is 0 Å². The molecule has 23 heavy (non-hydrogen) atoms. The summed E-state index contributed by atoms with van der Waals surface area (Å²) in [4.78, 5) is 7.38. The summed E-state index contributed by atoms with van der Waals surface area (Å²) in [6.45, 7) is 2.82. The highest BCUT2D eigenvalue weighted by Gasteiger charge is 2.28. The molecule has 124 valence electrons. The zero-order valence-corrected chi connectivity index (χ0v) is 14.0. The van der Waals surface area contributed by atoms with Crippen LogP contribution in [0.1, 0.15) is 4.88 Å². The van der Waals surface area contributed by atoms with Crippen molar-refractivity contribution in [2.45, 2.75) is 11.4 Å². The smallest absolute Gasteiger partial charge is 0.243 e. The minimum absolute atomic E-state index is 0.127. The van der Waals surface area contributed by atoms with Gasteiger partial charge in [0, 0.05) is 43.8 Å². The molecule has 0 atom stereocenters. The summed E-state index contributed by atoms with van der Waals surface area (Å²) in [6.07, 6.45) is 1.75. The number of hydrogen-bond donors (Lipinski definition) is 1. The van der Waals surface area contributed by atoms with Gasteiger partial charge in [0.25, 0.3) is 0 Å². The van der Waals surface area contributed by atoms with Gasteiger partial charge in [-0.2, -0.15) is 4.31 Å². The lowest BCUT2D eigenvalue weighted by Gasteiger charge is -2.33. The SMILES string of the molecule is Nc1ncc(CN2CCN(S(=O)(=O)c3ccc(F)cc3)CC2)s1. The van der Waals surface area contributed by atoms with Crippen LogP contribution < -0.4 is 5.73 Å². The van der Waals surface area contributed by atoms with Gasteiger partial charge >= 0.3 is 0 Å². The summed E-state index contributed by atoms with van der Waals surface area (Å²) in [6, 6.07) is 4.93. The van der Waals surface area contributed by atoms with Gasteiger partial charge in [0.1, 0.15) is 5.82 Å². The van der Waals surface area contributed by atoms with Crippen molar-refractivity contribution >= 4 is 26.5 Å². The third-order valence-corrected chi connectivity index (χ3v) is 6.46. The van der Waals surface area contributed by atoms with Gasteiger partial charge in [-0.1, -0.05) is 0 Å². The molecule has 3 rings (SSSR count). The van der Waals surface area contributed by atoms with Crippen LogP contribution in [0.15, 0.2) is 35.4 Å². The lowest BCUT2D eigenvalue weighted by Crippen LogP contribution is -2.48. The molecule has 1 aliphatic heterocycles. The summed E-state index contributed by atoms with van der Waals surface area (Å²) in [7, 11) is -3.56. The fourth-order valence-electron chi connectivity index (χ4n) is 2.50. The van der Waals surface area contributed by atoms with Gasteiger partial charge in [0.05, 0.1) is 4.90 Å². The van der Waals surface area contributed by atoms with E-state index in [0.29, 0.717) is 31.3 Å². The van der Waals surface area contributed by atoms with E-state index in [1.54, 1.807) is 6.20 Å². The molecule has 2 heterocycles. The fraction of sp³-hybridized carbons (Fsp3) is 0.357. The first-order chi connectivity index (χ1) is 10.9. The van der Waals surface area contributed by atoms with Crippen LogP contribution in [0.3, 0.4) is 0 Å². The Balaban J connectivity index is 1.62. The molecule has 0 unspecified atom stereocenters. The predicted molar refractivity (Wildman–Crippen MR) is 87.0 cm³/mol. The van der Waals surface area contributed by atoms with Crippen molar-refractivity contribution in [3.8, 4) is 0 Å². The topological polar surface area (TPSA) is 79.5 Å². The van der Waals surface area contributed by atoms with E-state index in [0.717, 1.165) is 23.6 Å². The maximum absolute atomic E-state index is 12.9. The Kier molecular flexibility index (Phi) is 4.62. The summed E-state index contributed by atoms with van der Waals surface area (Å²) < 4.78 is 39.4. The van der Waals surface area contributed by atoms with E-state index >= 15 is 0 Å². The van der Waals surface area contributed by atoms with Gasteiger partial charge in [-0.25, -0.2) is 17.8 Å². The van der Waals surface area contributed by atoms with E-state index in [1.165, 1.54) is 27.8 Å². The lowest BCUT2D eigenvalue weighted by molar-refractivity contribution is 0.183. The Hall–Kier alpha value is -1.55. The highest BCUT2D eigenvalue weighted by atomic mass is 32.2. The van der Waals surface area contributed by atoms with Crippen LogP contribution in [-0.2, 0) is 16.6 Å². The normalized spacial score (nSPS) is 17.4. The number of nitrogens with zero attached hydrogens (tertiary/aromatic N) is 3. The summed E-state index contributed by atoms with van der Waals surface area (Å²) in [5, 5.41) is 0.539. The van der Waals surface area contributed by atoms with E-state index in [4.69, 9.17) is 5.73 Å². The number of hydrogen-bond acceptors (Lipinski definition) is 6. The number of thiazole rings is 1. The zero-order valence-electron chi connectivity index (χ0n) is 12.4. The molecule has 2 aromatic rings. The van der Waals surface area contributed by atoms with Crippen LogP contribution in [-0.4, -0.2) is 48.8 Å². The fourth-order valence-corrected chi connectivity index (χ4v) is 4.65. The minimum atomic E-state index is -3.56. The highest BCUT2D eigenvalue weighted by molar-refractivity contribution is 7.89. The van der Waals surface area contributed by atoms with E-state index < -0.39 is 15.8 Å². The Bertz CT molecular complexity index is 768. The van der Waals surface area contributed by atoms with E-state index in [2.05, 4.69) is 9.88 Å². The molecule has 0 spiro atoms. The van der Waals surface area contributed by atoms with Gasteiger partial charge in [0.15, 0.2) is 5.13 Å². The largest absolute Gasteiger partial charge is 0.375 e. The van der Waals surface area contributed by atoms with E-state index in [-0.39, 0.29) is 4.90 Å². The summed E-state index contributed by atoms with van der Waals surface area (Å²) >= 11 is 1.44. The minimum Gasteiger partial charge on any atom is -0.375 e. The van der Waals surface area contributed by atoms with Crippen molar-refractivity contribution in [1.29, 1.82) is 0 Å². The summed E-state index contributed by atoms with van der Waals surface area (Å²) in [5.74, 6) is -0.447. The van der Waals surface area contributed by atoms with Gasteiger partial charge in [-0.05, 0) is 24.3 Å². The number of nitrogens with two attached hydrogens (primary N) is 1. The van der Waals surface area contributed by atoms with E-state index in [9.17, 15) is 12.8 Å². The highest BCUT2D eigenvalue weighted by Crippen LogP contribution is 2.20. The quantitative estimate of drug-likeness (QED) is 0.895. The molecule has 1 aromatic carbocycles. The van der Waals surface area contributed by atoms with Crippen LogP contribution >= 0.6 is 11.3 Å². The molecule has 9 heteroatoms. The molecule has 2 N–H and O–H groups in total. The monoisotopic (exact) mass is 356 g/mol. The Labute approximate surface area is 138 Å². The lowest BCUT2D eigenvalue weighted by atomic mass is 10.3. The Morgan fingerprint density at radius 2 is 1.83 bits per heavy atom. The third-order valence-electron chi connectivity index (χ3n) is 3.73. The molecular formula is C14H17FN4O2S2. The maximum atomic E-state index is 12.9. The van der Waals surface area contributed by atoms with Crippen LogP contribution in [0.4, 0.5) is 9.52 Å². The van der Waals surface area contributed by atoms with Crippen LogP contribution in [0, 0.1) is 5.82 Å².